The lowest BCUT2D eigenvalue weighted by atomic mass is 9.96. The maximum absolute atomic E-state index is 13.5. The first kappa shape index (κ1) is 24.0. The fourth-order valence-electron chi connectivity index (χ4n) is 4.76. The molecule has 3 amide bonds. The fourth-order valence-corrected chi connectivity index (χ4v) is 4.95. The Labute approximate surface area is 213 Å². The van der Waals surface area contributed by atoms with Gasteiger partial charge in [-0.1, -0.05) is 17.7 Å². The van der Waals surface area contributed by atoms with E-state index in [0.29, 0.717) is 43.1 Å². The maximum atomic E-state index is 13.5. The highest BCUT2D eigenvalue weighted by Crippen LogP contribution is 2.39. The lowest BCUT2D eigenvalue weighted by Crippen LogP contribution is -2.59. The number of hydrogen-bond donors (Lipinski definition) is 1. The molecule has 9 nitrogen and oxygen atoms in total. The summed E-state index contributed by atoms with van der Waals surface area (Å²) in [5.41, 5.74) is 0.375. The molecule has 0 bridgehead atoms. The molecule has 2 aliphatic heterocycles. The summed E-state index contributed by atoms with van der Waals surface area (Å²) < 4.78 is 11.6. The number of benzene rings is 1. The van der Waals surface area contributed by atoms with Crippen molar-refractivity contribution in [3.05, 3.63) is 89.1 Å². The number of likely N-dealkylation sites (tertiary alicyclic amines) is 1. The molecule has 4 heterocycles. The molecule has 1 aromatic carbocycles. The molecule has 1 unspecified atom stereocenters. The van der Waals surface area contributed by atoms with E-state index in [1.807, 2.05) is 12.1 Å². The summed E-state index contributed by atoms with van der Waals surface area (Å²) in [4.78, 5) is 46.9. The van der Waals surface area contributed by atoms with Crippen molar-refractivity contribution >= 4 is 29.3 Å². The SMILES string of the molecule is O=C(NCc1ccncc1)C1COC2(CCN(C(=O)c3cccc(Cl)c3)CC2)N1C(=O)c1ccco1. The van der Waals surface area contributed by atoms with Crippen molar-refractivity contribution in [2.75, 3.05) is 19.7 Å². The van der Waals surface area contributed by atoms with Crippen molar-refractivity contribution in [1.29, 1.82) is 0 Å². The molecule has 2 fully saturated rings. The summed E-state index contributed by atoms with van der Waals surface area (Å²) in [6, 6.07) is 12.8. The summed E-state index contributed by atoms with van der Waals surface area (Å²) >= 11 is 6.05. The van der Waals surface area contributed by atoms with Crippen LogP contribution in [0.15, 0.2) is 71.6 Å². The monoisotopic (exact) mass is 508 g/mol. The number of amides is 3. The average molecular weight is 509 g/mol. The number of carbonyl (C=O) groups is 3. The van der Waals surface area contributed by atoms with E-state index in [4.69, 9.17) is 20.8 Å². The predicted octanol–water partition coefficient (Wildman–Crippen LogP) is 3.12. The van der Waals surface area contributed by atoms with Crippen molar-refractivity contribution in [3.63, 3.8) is 0 Å². The van der Waals surface area contributed by atoms with Gasteiger partial charge >= 0.3 is 0 Å². The van der Waals surface area contributed by atoms with E-state index < -0.39 is 17.7 Å². The predicted molar refractivity (Wildman–Crippen MR) is 130 cm³/mol. The van der Waals surface area contributed by atoms with Crippen LogP contribution in [-0.4, -0.2) is 64.0 Å². The lowest BCUT2D eigenvalue weighted by molar-refractivity contribution is -0.128. The molecule has 2 aromatic heterocycles. The van der Waals surface area contributed by atoms with Gasteiger partial charge in [0.25, 0.3) is 11.8 Å². The third-order valence-corrected chi connectivity index (χ3v) is 6.87. The van der Waals surface area contributed by atoms with Crippen LogP contribution in [-0.2, 0) is 16.1 Å². The molecule has 3 aromatic rings. The van der Waals surface area contributed by atoms with Crippen molar-refractivity contribution < 1.29 is 23.5 Å². The molecule has 0 aliphatic carbocycles. The van der Waals surface area contributed by atoms with Gasteiger partial charge in [-0.2, -0.15) is 0 Å². The number of aromatic nitrogens is 1. The second kappa shape index (κ2) is 10.1. The van der Waals surface area contributed by atoms with E-state index in [0.717, 1.165) is 5.56 Å². The van der Waals surface area contributed by atoms with Crippen molar-refractivity contribution in [1.82, 2.24) is 20.1 Å². The zero-order chi connectivity index (χ0) is 25.1. The second-order valence-corrected chi connectivity index (χ2v) is 9.24. The first-order chi connectivity index (χ1) is 17.5. The van der Waals surface area contributed by atoms with Crippen LogP contribution in [0.4, 0.5) is 0 Å². The molecule has 2 aliphatic rings. The van der Waals surface area contributed by atoms with Gasteiger partial charge in [-0.05, 0) is 48.0 Å². The number of piperidine rings is 1. The first-order valence-corrected chi connectivity index (χ1v) is 12.1. The van der Waals surface area contributed by atoms with Gasteiger partial charge in [-0.15, -0.1) is 0 Å². The van der Waals surface area contributed by atoms with Crippen molar-refractivity contribution in [2.24, 2.45) is 0 Å². The standard InChI is InChI=1S/C26H25ClN4O5/c27-20-4-1-3-19(15-20)24(33)30-12-8-26(9-13-30)31(25(34)22-5-2-14-35-22)21(17-36-26)23(32)29-16-18-6-10-28-11-7-18/h1-7,10-11,14-15,21H,8-9,12-13,16-17H2,(H,29,32). The highest BCUT2D eigenvalue weighted by Gasteiger charge is 2.54. The topological polar surface area (TPSA) is 105 Å². The normalized spacial score (nSPS) is 18.9. The molecular formula is C26H25ClN4O5. The molecule has 0 saturated carbocycles. The van der Waals surface area contributed by atoms with Gasteiger partial charge in [-0.3, -0.25) is 24.3 Å². The Bertz CT molecular complexity index is 1240. The quantitative estimate of drug-likeness (QED) is 0.568. The number of halogens is 1. The van der Waals surface area contributed by atoms with Gasteiger partial charge in [0.05, 0.1) is 12.9 Å². The van der Waals surface area contributed by atoms with Crippen LogP contribution in [0.1, 0.15) is 39.3 Å². The van der Waals surface area contributed by atoms with Crippen molar-refractivity contribution in [3.8, 4) is 0 Å². The highest BCUT2D eigenvalue weighted by molar-refractivity contribution is 6.30. The molecule has 2 saturated heterocycles. The Morgan fingerprint density at radius 1 is 1.06 bits per heavy atom. The number of ether oxygens (including phenoxy) is 1. The highest BCUT2D eigenvalue weighted by atomic mass is 35.5. The smallest absolute Gasteiger partial charge is 0.292 e. The van der Waals surface area contributed by atoms with E-state index in [1.165, 1.54) is 11.2 Å². The number of nitrogens with one attached hydrogen (secondary N) is 1. The van der Waals surface area contributed by atoms with Gasteiger partial charge in [0.15, 0.2) is 5.76 Å². The van der Waals surface area contributed by atoms with Crippen LogP contribution in [0.25, 0.3) is 0 Å². The minimum absolute atomic E-state index is 0.0524. The third kappa shape index (κ3) is 4.72. The average Bonchev–Trinajstić information content (AvgIpc) is 3.57. The third-order valence-electron chi connectivity index (χ3n) is 6.63. The Hall–Kier alpha value is -3.69. The molecule has 1 N–H and O–H groups in total. The van der Waals surface area contributed by atoms with Gasteiger partial charge in [0.2, 0.25) is 5.91 Å². The van der Waals surface area contributed by atoms with Gasteiger partial charge in [0.1, 0.15) is 11.8 Å². The molecule has 186 valence electrons. The van der Waals surface area contributed by atoms with E-state index in [2.05, 4.69) is 10.3 Å². The molecule has 36 heavy (non-hydrogen) atoms. The number of pyridine rings is 1. The Kier molecular flexibility index (Phi) is 6.75. The number of rotatable bonds is 5. The van der Waals surface area contributed by atoms with E-state index in [-0.39, 0.29) is 24.2 Å². The number of carbonyl (C=O) groups excluding carboxylic acids is 3. The van der Waals surface area contributed by atoms with Crippen LogP contribution >= 0.6 is 11.6 Å². The second-order valence-electron chi connectivity index (χ2n) is 8.80. The van der Waals surface area contributed by atoms with Gasteiger partial charge in [-0.25, -0.2) is 0 Å². The molecule has 1 atom stereocenters. The molecule has 0 radical (unpaired) electrons. The molecule has 5 rings (SSSR count). The van der Waals surface area contributed by atoms with Crippen LogP contribution < -0.4 is 5.32 Å². The maximum Gasteiger partial charge on any atom is 0.292 e. The summed E-state index contributed by atoms with van der Waals surface area (Å²) in [6.07, 6.45) is 5.45. The Morgan fingerprint density at radius 2 is 1.83 bits per heavy atom. The summed E-state index contributed by atoms with van der Waals surface area (Å²) in [5.74, 6) is -0.748. The van der Waals surface area contributed by atoms with E-state index >= 15 is 0 Å². The van der Waals surface area contributed by atoms with Crippen LogP contribution in [0.2, 0.25) is 5.02 Å². The Balaban J connectivity index is 1.33. The molecule has 1 spiro atoms. The fraction of sp³-hybridized carbons (Fsp3) is 0.308. The summed E-state index contributed by atoms with van der Waals surface area (Å²) in [6.45, 7) is 1.07. The van der Waals surface area contributed by atoms with Crippen molar-refractivity contribution in [2.45, 2.75) is 31.2 Å². The number of hydrogen-bond acceptors (Lipinski definition) is 6. The zero-order valence-electron chi connectivity index (χ0n) is 19.4. The first-order valence-electron chi connectivity index (χ1n) is 11.7. The largest absolute Gasteiger partial charge is 0.459 e. The van der Waals surface area contributed by atoms with Crippen LogP contribution in [0.5, 0.6) is 0 Å². The molecule has 10 heteroatoms. The number of nitrogens with zero attached hydrogens (tertiary/aromatic N) is 3. The lowest BCUT2D eigenvalue weighted by Gasteiger charge is -2.44. The van der Waals surface area contributed by atoms with Crippen LogP contribution in [0.3, 0.4) is 0 Å². The van der Waals surface area contributed by atoms with Gasteiger partial charge < -0.3 is 19.4 Å². The van der Waals surface area contributed by atoms with E-state index in [9.17, 15) is 14.4 Å². The summed E-state index contributed by atoms with van der Waals surface area (Å²) in [5, 5.41) is 3.39. The minimum atomic E-state index is -1.02. The summed E-state index contributed by atoms with van der Waals surface area (Å²) in [7, 11) is 0. The number of furan rings is 1. The zero-order valence-corrected chi connectivity index (χ0v) is 20.2. The Morgan fingerprint density at radius 3 is 2.53 bits per heavy atom. The minimum Gasteiger partial charge on any atom is -0.459 e. The van der Waals surface area contributed by atoms with E-state index in [1.54, 1.807) is 53.7 Å². The molecular weight excluding hydrogens is 484 g/mol. The van der Waals surface area contributed by atoms with Gasteiger partial charge in [0, 0.05) is 55.5 Å². The van der Waals surface area contributed by atoms with Crippen LogP contribution in [0, 0.1) is 0 Å².